The number of thioether (sulfide) groups is 1. The summed E-state index contributed by atoms with van der Waals surface area (Å²) < 4.78 is 0. The number of carboxylic acids is 2. The molecular formula is C18H18N2O6S. The number of aliphatic carboxylic acids is 1. The van der Waals surface area contributed by atoms with Crippen molar-refractivity contribution in [2.45, 2.75) is 18.7 Å². The molecule has 3 N–H and O–H groups in total. The van der Waals surface area contributed by atoms with Crippen LogP contribution in [0.3, 0.4) is 0 Å². The van der Waals surface area contributed by atoms with Crippen LogP contribution in [0.4, 0.5) is 11.4 Å². The van der Waals surface area contributed by atoms with Gasteiger partial charge < -0.3 is 15.5 Å². The summed E-state index contributed by atoms with van der Waals surface area (Å²) in [7, 11) is 0. The fourth-order valence-corrected chi connectivity index (χ4v) is 3.48. The number of nitro groups is 1. The van der Waals surface area contributed by atoms with Crippen LogP contribution >= 0.6 is 11.8 Å². The number of anilines is 1. The summed E-state index contributed by atoms with van der Waals surface area (Å²) in [5, 5.41) is 32.2. The average molecular weight is 390 g/mol. The molecule has 8 nitrogen and oxygen atoms in total. The van der Waals surface area contributed by atoms with Gasteiger partial charge in [-0.2, -0.15) is 11.8 Å². The maximum absolute atomic E-state index is 11.5. The number of benzene rings is 2. The number of carbonyl (C=O) groups is 2. The van der Waals surface area contributed by atoms with Gasteiger partial charge in [0.05, 0.1) is 10.5 Å². The molecule has 0 spiro atoms. The third-order valence-electron chi connectivity index (χ3n) is 3.87. The van der Waals surface area contributed by atoms with E-state index in [2.05, 4.69) is 5.32 Å². The maximum Gasteiger partial charge on any atom is 0.335 e. The maximum atomic E-state index is 11.5. The molecule has 0 saturated carbocycles. The first-order chi connectivity index (χ1) is 12.8. The molecule has 0 aromatic heterocycles. The van der Waals surface area contributed by atoms with Gasteiger partial charge in [0, 0.05) is 17.6 Å². The predicted molar refractivity (Wildman–Crippen MR) is 102 cm³/mol. The Labute approximate surface area is 159 Å². The highest BCUT2D eigenvalue weighted by molar-refractivity contribution is 7.98. The van der Waals surface area contributed by atoms with Gasteiger partial charge in [0.2, 0.25) is 0 Å². The SMILES string of the molecule is Cc1ccccc1CSC[C@H](Nc1ccc(C(=O)O)cc1[N+](=O)[O-])C(=O)O. The molecule has 0 unspecified atom stereocenters. The number of nitrogens with zero attached hydrogens (tertiary/aromatic N) is 1. The molecule has 2 rings (SSSR count). The Bertz CT molecular complexity index is 871. The molecule has 2 aromatic carbocycles. The summed E-state index contributed by atoms with van der Waals surface area (Å²) in [5.41, 5.74) is 1.43. The lowest BCUT2D eigenvalue weighted by Crippen LogP contribution is -2.32. The Morgan fingerprint density at radius 2 is 1.93 bits per heavy atom. The fourth-order valence-electron chi connectivity index (χ4n) is 2.36. The Hall–Kier alpha value is -3.07. The number of nitro benzene ring substituents is 1. The number of aromatic carboxylic acids is 1. The summed E-state index contributed by atoms with van der Waals surface area (Å²) >= 11 is 1.39. The summed E-state index contributed by atoms with van der Waals surface area (Å²) in [5.74, 6) is -1.66. The van der Waals surface area contributed by atoms with E-state index in [1.165, 1.54) is 23.9 Å². The highest BCUT2D eigenvalue weighted by Gasteiger charge is 2.23. The fraction of sp³-hybridized carbons (Fsp3) is 0.222. The van der Waals surface area contributed by atoms with Gasteiger partial charge in [0.25, 0.3) is 5.69 Å². The molecule has 0 amide bonds. The second-order valence-corrected chi connectivity index (χ2v) is 6.80. The van der Waals surface area contributed by atoms with Gasteiger partial charge in [-0.1, -0.05) is 24.3 Å². The lowest BCUT2D eigenvalue weighted by atomic mass is 10.1. The van der Waals surface area contributed by atoms with Gasteiger partial charge in [-0.25, -0.2) is 9.59 Å². The summed E-state index contributed by atoms with van der Waals surface area (Å²) in [6, 6.07) is 10.0. The first kappa shape index (κ1) is 20.2. The van der Waals surface area contributed by atoms with Crippen LogP contribution < -0.4 is 5.32 Å². The van der Waals surface area contributed by atoms with Crippen LogP contribution in [0.5, 0.6) is 0 Å². The van der Waals surface area contributed by atoms with E-state index in [0.717, 1.165) is 17.2 Å². The molecule has 0 radical (unpaired) electrons. The van der Waals surface area contributed by atoms with Crippen molar-refractivity contribution in [1.29, 1.82) is 0 Å². The van der Waals surface area contributed by atoms with Crippen LogP contribution in [0, 0.1) is 17.0 Å². The molecule has 0 saturated heterocycles. The van der Waals surface area contributed by atoms with E-state index in [0.29, 0.717) is 5.75 Å². The predicted octanol–water partition coefficient (Wildman–Crippen LogP) is 3.40. The van der Waals surface area contributed by atoms with Gasteiger partial charge in [0.15, 0.2) is 0 Å². The molecule has 142 valence electrons. The van der Waals surface area contributed by atoms with Gasteiger partial charge in [-0.15, -0.1) is 0 Å². The number of aryl methyl sites for hydroxylation is 1. The number of hydrogen-bond acceptors (Lipinski definition) is 6. The van der Waals surface area contributed by atoms with Crippen molar-refractivity contribution in [3.63, 3.8) is 0 Å². The first-order valence-electron chi connectivity index (χ1n) is 7.93. The molecular weight excluding hydrogens is 372 g/mol. The average Bonchev–Trinajstić information content (AvgIpc) is 2.62. The van der Waals surface area contributed by atoms with Crippen molar-refractivity contribution >= 4 is 35.1 Å². The smallest absolute Gasteiger partial charge is 0.335 e. The highest BCUT2D eigenvalue weighted by Crippen LogP contribution is 2.27. The largest absolute Gasteiger partial charge is 0.480 e. The molecule has 1 atom stereocenters. The molecule has 0 aliphatic heterocycles. The molecule has 27 heavy (non-hydrogen) atoms. The van der Waals surface area contributed by atoms with Gasteiger partial charge in [0.1, 0.15) is 11.7 Å². The van der Waals surface area contributed by atoms with Crippen molar-refractivity contribution in [1.82, 2.24) is 0 Å². The second kappa shape index (κ2) is 9.04. The van der Waals surface area contributed by atoms with Gasteiger partial charge >= 0.3 is 11.9 Å². The lowest BCUT2D eigenvalue weighted by Gasteiger charge is -2.16. The molecule has 0 fully saturated rings. The van der Waals surface area contributed by atoms with Crippen LogP contribution in [0.25, 0.3) is 0 Å². The molecule has 9 heteroatoms. The lowest BCUT2D eigenvalue weighted by molar-refractivity contribution is -0.384. The monoisotopic (exact) mass is 390 g/mol. The summed E-state index contributed by atoms with van der Waals surface area (Å²) in [4.78, 5) is 33.0. The zero-order chi connectivity index (χ0) is 20.0. The minimum Gasteiger partial charge on any atom is -0.480 e. The van der Waals surface area contributed by atoms with E-state index in [1.54, 1.807) is 0 Å². The minimum atomic E-state index is -1.30. The standard InChI is InChI=1S/C18H18N2O6S/c1-11-4-2-3-5-13(11)9-27-10-15(18(23)24)19-14-7-6-12(17(21)22)8-16(14)20(25)26/h2-8,15,19H,9-10H2,1H3,(H,21,22)(H,23,24)/t15-/m0/s1. The molecule has 0 bridgehead atoms. The topological polar surface area (TPSA) is 130 Å². The van der Waals surface area contributed by atoms with Crippen molar-refractivity contribution < 1.29 is 24.7 Å². The van der Waals surface area contributed by atoms with Crippen LogP contribution in [0.2, 0.25) is 0 Å². The van der Waals surface area contributed by atoms with Crippen molar-refractivity contribution in [3.8, 4) is 0 Å². The normalized spacial score (nSPS) is 11.6. The third-order valence-corrected chi connectivity index (χ3v) is 4.96. The summed E-state index contributed by atoms with van der Waals surface area (Å²) in [6.45, 7) is 1.97. The Kier molecular flexibility index (Phi) is 6.78. The van der Waals surface area contributed by atoms with E-state index in [4.69, 9.17) is 5.11 Å². The van der Waals surface area contributed by atoms with Crippen LogP contribution in [0.1, 0.15) is 21.5 Å². The molecule has 2 aromatic rings. The van der Waals surface area contributed by atoms with Gasteiger partial charge in [-0.3, -0.25) is 10.1 Å². The van der Waals surface area contributed by atoms with Crippen molar-refractivity contribution in [2.75, 3.05) is 11.1 Å². The molecule has 0 aliphatic rings. The Morgan fingerprint density at radius 1 is 1.22 bits per heavy atom. The number of nitrogens with one attached hydrogen (secondary N) is 1. The van der Waals surface area contributed by atoms with E-state index in [9.17, 15) is 24.8 Å². The van der Waals surface area contributed by atoms with Gasteiger partial charge in [-0.05, 0) is 30.2 Å². The van der Waals surface area contributed by atoms with E-state index in [-0.39, 0.29) is 17.0 Å². The van der Waals surface area contributed by atoms with E-state index < -0.39 is 28.6 Å². The summed E-state index contributed by atoms with van der Waals surface area (Å²) in [6.07, 6.45) is 0. The zero-order valence-corrected chi connectivity index (χ0v) is 15.2. The van der Waals surface area contributed by atoms with Crippen molar-refractivity contribution in [2.24, 2.45) is 0 Å². The highest BCUT2D eigenvalue weighted by atomic mass is 32.2. The van der Waals surface area contributed by atoms with Crippen LogP contribution in [0.15, 0.2) is 42.5 Å². The molecule has 0 heterocycles. The first-order valence-corrected chi connectivity index (χ1v) is 9.08. The van der Waals surface area contributed by atoms with E-state index in [1.807, 2.05) is 31.2 Å². The quantitative estimate of drug-likeness (QED) is 0.439. The zero-order valence-electron chi connectivity index (χ0n) is 14.4. The third kappa shape index (κ3) is 5.45. The number of hydrogen-bond donors (Lipinski definition) is 3. The van der Waals surface area contributed by atoms with Crippen LogP contribution in [-0.4, -0.2) is 38.9 Å². The van der Waals surface area contributed by atoms with E-state index >= 15 is 0 Å². The Morgan fingerprint density at radius 3 is 2.52 bits per heavy atom. The Balaban J connectivity index is 2.11. The number of rotatable bonds is 9. The molecule has 0 aliphatic carbocycles. The number of carboxylic acid groups (broad SMARTS) is 2. The minimum absolute atomic E-state index is 0.0334. The second-order valence-electron chi connectivity index (χ2n) is 5.77. The van der Waals surface area contributed by atoms with Crippen LogP contribution in [-0.2, 0) is 10.5 Å². The van der Waals surface area contributed by atoms with Crippen molar-refractivity contribution in [3.05, 3.63) is 69.3 Å².